The first-order chi connectivity index (χ1) is 8.49. The van der Waals surface area contributed by atoms with E-state index in [4.69, 9.17) is 4.98 Å². The number of fused-ring (bicyclic) bond motifs is 1. The van der Waals surface area contributed by atoms with Crippen molar-refractivity contribution in [1.82, 2.24) is 14.9 Å². The van der Waals surface area contributed by atoms with E-state index < -0.39 is 0 Å². The molecule has 1 N–H and O–H groups in total. The van der Waals surface area contributed by atoms with Crippen LogP contribution in [-0.4, -0.2) is 15.6 Å². The Labute approximate surface area is 111 Å². The van der Waals surface area contributed by atoms with E-state index in [9.17, 15) is 0 Å². The normalized spacial score (nSPS) is 19.6. The second-order valence-electron chi connectivity index (χ2n) is 6.30. The number of imidazole rings is 1. The van der Waals surface area contributed by atoms with E-state index in [2.05, 4.69) is 44.5 Å². The summed E-state index contributed by atoms with van der Waals surface area (Å²) in [6, 6.07) is 0.519. The quantitative estimate of drug-likeness (QED) is 0.888. The van der Waals surface area contributed by atoms with E-state index in [1.807, 2.05) is 0 Å². The Balaban J connectivity index is 2.28. The van der Waals surface area contributed by atoms with Crippen molar-refractivity contribution >= 4 is 0 Å². The summed E-state index contributed by atoms with van der Waals surface area (Å²) < 4.78 is 2.47. The first kappa shape index (κ1) is 13.6. The minimum absolute atomic E-state index is 0.518. The number of rotatable bonds is 4. The van der Waals surface area contributed by atoms with Gasteiger partial charge in [0, 0.05) is 30.7 Å². The van der Waals surface area contributed by atoms with Crippen molar-refractivity contribution in [3.63, 3.8) is 0 Å². The van der Waals surface area contributed by atoms with Crippen LogP contribution in [0.3, 0.4) is 0 Å². The lowest BCUT2D eigenvalue weighted by atomic mass is 9.97. The van der Waals surface area contributed by atoms with E-state index in [1.165, 1.54) is 30.1 Å². The van der Waals surface area contributed by atoms with Crippen LogP contribution in [0.25, 0.3) is 0 Å². The number of hydrogen-bond acceptors (Lipinski definition) is 2. The maximum absolute atomic E-state index is 4.90. The lowest BCUT2D eigenvalue weighted by Crippen LogP contribution is -2.24. The molecule has 0 saturated heterocycles. The van der Waals surface area contributed by atoms with E-state index in [1.54, 1.807) is 0 Å². The van der Waals surface area contributed by atoms with Crippen LogP contribution < -0.4 is 5.32 Å². The summed E-state index contributed by atoms with van der Waals surface area (Å²) in [5.74, 6) is 2.59. The van der Waals surface area contributed by atoms with Crippen LogP contribution in [0.4, 0.5) is 0 Å². The van der Waals surface area contributed by atoms with Crippen molar-refractivity contribution < 1.29 is 0 Å². The molecule has 0 aromatic carbocycles. The molecule has 1 aromatic heterocycles. The van der Waals surface area contributed by atoms with Crippen LogP contribution in [0.15, 0.2) is 0 Å². The molecule has 0 aliphatic carbocycles. The molecule has 0 spiro atoms. The molecule has 3 nitrogen and oxygen atoms in total. The minimum Gasteiger partial charge on any atom is -0.331 e. The molecule has 0 fully saturated rings. The largest absolute Gasteiger partial charge is 0.331 e. The second-order valence-corrected chi connectivity index (χ2v) is 6.30. The Morgan fingerprint density at radius 1 is 1.33 bits per heavy atom. The summed E-state index contributed by atoms with van der Waals surface area (Å²) in [6.45, 7) is 13.3. The van der Waals surface area contributed by atoms with Gasteiger partial charge in [-0.2, -0.15) is 0 Å². The Hall–Kier alpha value is -0.830. The van der Waals surface area contributed by atoms with Crippen LogP contribution in [0.5, 0.6) is 0 Å². The molecule has 0 saturated carbocycles. The van der Waals surface area contributed by atoms with E-state index in [-0.39, 0.29) is 0 Å². The molecular weight excluding hydrogens is 222 g/mol. The lowest BCUT2D eigenvalue weighted by molar-refractivity contribution is 0.402. The molecule has 1 unspecified atom stereocenters. The van der Waals surface area contributed by atoms with Crippen molar-refractivity contribution in [1.29, 1.82) is 0 Å². The Bertz CT molecular complexity index is 404. The van der Waals surface area contributed by atoms with Crippen LogP contribution in [0.2, 0.25) is 0 Å². The van der Waals surface area contributed by atoms with Crippen molar-refractivity contribution in [2.75, 3.05) is 0 Å². The van der Waals surface area contributed by atoms with Crippen LogP contribution >= 0.6 is 0 Å². The molecule has 18 heavy (non-hydrogen) atoms. The molecular formula is C15H27N3. The molecule has 2 rings (SSSR count). The predicted molar refractivity (Wildman–Crippen MR) is 75.8 cm³/mol. The van der Waals surface area contributed by atoms with Crippen molar-refractivity contribution in [2.24, 2.45) is 5.92 Å². The smallest absolute Gasteiger partial charge is 0.111 e. The molecule has 1 aliphatic heterocycles. The molecule has 2 heterocycles. The van der Waals surface area contributed by atoms with Crippen molar-refractivity contribution in [3.8, 4) is 0 Å². The average molecular weight is 249 g/mol. The highest BCUT2D eigenvalue weighted by molar-refractivity contribution is 5.21. The molecule has 1 aromatic rings. The summed E-state index contributed by atoms with van der Waals surface area (Å²) in [6.07, 6.45) is 2.48. The molecule has 0 radical (unpaired) electrons. The highest BCUT2D eigenvalue weighted by Gasteiger charge is 2.24. The third-order valence-electron chi connectivity index (χ3n) is 3.77. The number of nitrogens with zero attached hydrogens (tertiary/aromatic N) is 2. The second kappa shape index (κ2) is 5.43. The summed E-state index contributed by atoms with van der Waals surface area (Å²) in [5, 5.41) is 3.50. The topological polar surface area (TPSA) is 29.9 Å². The van der Waals surface area contributed by atoms with Gasteiger partial charge < -0.3 is 9.88 Å². The van der Waals surface area contributed by atoms with Gasteiger partial charge in [0.15, 0.2) is 0 Å². The summed E-state index contributed by atoms with van der Waals surface area (Å²) >= 11 is 0. The van der Waals surface area contributed by atoms with Gasteiger partial charge in [-0.15, -0.1) is 0 Å². The Morgan fingerprint density at radius 2 is 2.06 bits per heavy atom. The van der Waals surface area contributed by atoms with Gasteiger partial charge in [-0.05, 0) is 18.8 Å². The number of hydrogen-bond donors (Lipinski definition) is 1. The SMILES string of the molecule is CC1CCn2c(C(C)C)nc(CNC(C)C)c2C1. The van der Waals surface area contributed by atoms with Gasteiger partial charge in [0.05, 0.1) is 5.69 Å². The zero-order valence-corrected chi connectivity index (χ0v) is 12.5. The molecule has 0 bridgehead atoms. The Kier molecular flexibility index (Phi) is 4.10. The van der Waals surface area contributed by atoms with Gasteiger partial charge in [-0.1, -0.05) is 34.6 Å². The van der Waals surface area contributed by atoms with Gasteiger partial charge in [0.2, 0.25) is 0 Å². The van der Waals surface area contributed by atoms with Gasteiger partial charge >= 0.3 is 0 Å². The number of aromatic nitrogens is 2. The zero-order valence-electron chi connectivity index (χ0n) is 12.5. The highest BCUT2D eigenvalue weighted by Crippen LogP contribution is 2.27. The van der Waals surface area contributed by atoms with Crippen molar-refractivity contribution in [3.05, 3.63) is 17.2 Å². The average Bonchev–Trinajstić information content (AvgIpc) is 2.64. The third kappa shape index (κ3) is 2.77. The van der Waals surface area contributed by atoms with Gasteiger partial charge in [0.1, 0.15) is 5.82 Å². The fraction of sp³-hybridized carbons (Fsp3) is 0.800. The minimum atomic E-state index is 0.518. The van der Waals surface area contributed by atoms with Crippen LogP contribution in [0, 0.1) is 5.92 Å². The van der Waals surface area contributed by atoms with Gasteiger partial charge in [-0.3, -0.25) is 0 Å². The standard InChI is InChI=1S/C15H27N3/c1-10(2)15-17-13(9-16-11(3)4)14-8-12(5)6-7-18(14)15/h10-12,16H,6-9H2,1-5H3. The summed E-state index contributed by atoms with van der Waals surface area (Å²) in [4.78, 5) is 4.90. The van der Waals surface area contributed by atoms with E-state index in [0.29, 0.717) is 12.0 Å². The summed E-state index contributed by atoms with van der Waals surface area (Å²) in [5.41, 5.74) is 2.75. The fourth-order valence-corrected chi connectivity index (χ4v) is 2.70. The zero-order chi connectivity index (χ0) is 13.3. The first-order valence-electron chi connectivity index (χ1n) is 7.30. The van der Waals surface area contributed by atoms with Gasteiger partial charge in [0.25, 0.3) is 0 Å². The van der Waals surface area contributed by atoms with Gasteiger partial charge in [-0.25, -0.2) is 4.98 Å². The maximum Gasteiger partial charge on any atom is 0.111 e. The van der Waals surface area contributed by atoms with Crippen molar-refractivity contribution in [2.45, 2.75) is 72.5 Å². The predicted octanol–water partition coefficient (Wildman–Crippen LogP) is 3.09. The maximum atomic E-state index is 4.90. The van der Waals surface area contributed by atoms with E-state index >= 15 is 0 Å². The molecule has 1 aliphatic rings. The third-order valence-corrected chi connectivity index (χ3v) is 3.77. The molecule has 0 amide bonds. The van der Waals surface area contributed by atoms with Crippen LogP contribution in [-0.2, 0) is 19.5 Å². The van der Waals surface area contributed by atoms with Crippen LogP contribution in [0.1, 0.15) is 64.2 Å². The monoisotopic (exact) mass is 249 g/mol. The highest BCUT2D eigenvalue weighted by atomic mass is 15.1. The van der Waals surface area contributed by atoms with E-state index in [0.717, 1.165) is 19.0 Å². The Morgan fingerprint density at radius 3 is 2.67 bits per heavy atom. The lowest BCUT2D eigenvalue weighted by Gasteiger charge is -2.23. The summed E-state index contributed by atoms with van der Waals surface area (Å²) in [7, 11) is 0. The molecule has 1 atom stereocenters. The molecule has 3 heteroatoms. The number of nitrogens with one attached hydrogen (secondary N) is 1. The molecule has 102 valence electrons. The fourth-order valence-electron chi connectivity index (χ4n) is 2.70. The first-order valence-corrected chi connectivity index (χ1v) is 7.30.